The molecular formula is C116H114N12O2S6Si4+6. The van der Waals surface area contributed by atoms with Gasteiger partial charge >= 0.3 is 0 Å². The third-order valence-corrected chi connectivity index (χ3v) is 50.2. The van der Waals surface area contributed by atoms with Crippen molar-refractivity contribution in [1.82, 2.24) is 29.9 Å². The fourth-order valence-corrected chi connectivity index (χ4v) is 46.1. The molecule has 0 saturated carbocycles. The van der Waals surface area contributed by atoms with Gasteiger partial charge < -0.3 is 9.47 Å². The number of aromatic nitrogens is 12. The van der Waals surface area contributed by atoms with E-state index in [1.165, 1.54) is 128 Å². The smallest absolute Gasteiger partial charge is 0.286 e. The van der Waals surface area contributed by atoms with E-state index < -0.39 is 32.3 Å². The van der Waals surface area contributed by atoms with Crippen molar-refractivity contribution in [3.05, 3.63) is 363 Å². The Morgan fingerprint density at radius 2 is 0.507 bits per heavy atom. The van der Waals surface area contributed by atoms with Gasteiger partial charge in [0.15, 0.2) is 5.75 Å². The summed E-state index contributed by atoms with van der Waals surface area (Å²) in [4.78, 5) is 41.0. The van der Waals surface area contributed by atoms with Crippen LogP contribution >= 0.6 is 70.6 Å². The van der Waals surface area contributed by atoms with Gasteiger partial charge in [-0.15, -0.1) is 0 Å². The third kappa shape index (κ3) is 18.4. The minimum absolute atomic E-state index is 0.918. The Morgan fingerprint density at radius 3 is 1.01 bits per heavy atom. The van der Waals surface area contributed by atoms with Crippen LogP contribution in [0.5, 0.6) is 23.0 Å². The van der Waals surface area contributed by atoms with E-state index in [2.05, 4.69) is 377 Å². The van der Waals surface area contributed by atoms with E-state index in [4.69, 9.17) is 9.47 Å². The summed E-state index contributed by atoms with van der Waals surface area (Å²) in [5.74, 6) is 3.70. The van der Waals surface area contributed by atoms with Crippen molar-refractivity contribution in [2.24, 2.45) is 42.3 Å². The maximum atomic E-state index is 6.24. The zero-order valence-electron chi connectivity index (χ0n) is 82.8. The summed E-state index contributed by atoms with van der Waals surface area (Å²) < 4.78 is 24.9. The van der Waals surface area contributed by atoms with Gasteiger partial charge in [0.1, 0.15) is 121 Å². The van der Waals surface area contributed by atoms with Crippen LogP contribution in [0.4, 0.5) is 0 Å². The van der Waals surface area contributed by atoms with Gasteiger partial charge in [-0.05, 0) is 174 Å². The van der Waals surface area contributed by atoms with Crippen molar-refractivity contribution in [1.29, 1.82) is 0 Å². The second-order valence-electron chi connectivity index (χ2n) is 38.4. The molecule has 6 aliphatic rings. The van der Waals surface area contributed by atoms with Crippen LogP contribution in [0.15, 0.2) is 389 Å². The SMILES string of the molecule is Cc1ccc2c(c1-c1ccnc[n+]1C)Oc1ccccc1S2.Cc1ccc2c(c1-c1ccnc[n+]1C)Sc1ccccc1O2.Cc1ccc2c(c1-c1ccnc[n+]1C)Sc1ccccc1S2.Cc1ccc2c(c1-c1ccnc[n+]1C)Sc1ccccc1[Si]2(C)C.Cc1ccc2c(c1-c1ccnc[n+]1C)[Si](C)(C)c1ccccc1S2.Cc1ccc2c(c1-c1ccnc[n+]1C)[Si](C)(C)c1ccccc1[Si]2(C)C. The van der Waals surface area contributed by atoms with Crippen LogP contribution in [0.2, 0.25) is 52.4 Å². The van der Waals surface area contributed by atoms with Crippen LogP contribution in [-0.4, -0.2) is 62.2 Å². The lowest BCUT2D eigenvalue weighted by Crippen LogP contribution is -2.78. The van der Waals surface area contributed by atoms with Gasteiger partial charge in [-0.3, -0.25) is 0 Å². The number of aryl methyl sites for hydroxylation is 12. The molecule has 6 aromatic heterocycles. The van der Waals surface area contributed by atoms with Gasteiger partial charge in [-0.1, -0.05) is 314 Å². The van der Waals surface area contributed by atoms with E-state index >= 15 is 0 Å². The first kappa shape index (κ1) is 96.6. The van der Waals surface area contributed by atoms with E-state index in [9.17, 15) is 0 Å². The minimum Gasteiger partial charge on any atom is -0.455 e. The fraction of sp³-hybridized carbons (Fsp3) is 0.172. The lowest BCUT2D eigenvalue weighted by atomic mass is 10.0. The molecule has 0 bridgehead atoms. The zero-order chi connectivity index (χ0) is 97.8. The standard InChI is InChI=1S/C22H27N2Si2.2C20H21N2SSi.2C18H15N2OS.C18H15N2S2/c1-16-11-12-20-22(21(16)17-13-14-23-15-24(17)2)26(5,6)19-10-8-7-9-18(19)25(20,3)4;1-14-9-10-17-20(19(14)15-11-12-21-13-22(15)2)24(3,4)18-8-6-5-7-16(18)23-17;1-14-9-10-18-20(19(14)15-11-12-21-13-22(15)2)23-16-7-5-6-8-17(16)24(18,3)4;1-12-7-8-15-18(17(12)13-9-10-19-11-20(13)2)22-16-6-4-3-5-14(16)21-15;1-12-7-8-16-18(17(12)13-9-10-19-11-20(13)2)21-14-5-3-4-6-15(14)22-16;1-12-7-8-16-18(17(12)13-9-10-19-11-20(13)2)22-15-6-4-3-5-14(15)21-16/h7-15H,1-6H3;2*5-13H,1-4H3;3*3-11H,1-2H3/q6*+1. The van der Waals surface area contributed by atoms with Crippen molar-refractivity contribution in [3.8, 4) is 90.5 Å². The molecule has 12 heterocycles. The molecule has 12 aromatic carbocycles. The summed E-state index contributed by atoms with van der Waals surface area (Å²) in [5.41, 5.74) is 22.8. The lowest BCUT2D eigenvalue weighted by Gasteiger charge is -2.43. The second kappa shape index (κ2) is 40.0. The Hall–Kier alpha value is -12.3. The summed E-state index contributed by atoms with van der Waals surface area (Å²) in [6.45, 7) is 33.1. The molecule has 140 heavy (non-hydrogen) atoms. The summed E-state index contributed by atoms with van der Waals surface area (Å²) in [7, 11) is 5.37. The van der Waals surface area contributed by atoms with E-state index in [-0.39, 0.29) is 0 Å². The Bertz CT molecular complexity index is 7590. The van der Waals surface area contributed by atoms with E-state index in [1.54, 1.807) is 65.0 Å². The Labute approximate surface area is 852 Å². The topological polar surface area (TPSA) is 119 Å². The molecule has 0 saturated heterocycles. The van der Waals surface area contributed by atoms with Gasteiger partial charge in [0.2, 0.25) is 0 Å². The first-order chi connectivity index (χ1) is 67.5. The molecule has 696 valence electrons. The normalized spacial score (nSPS) is 14.0. The summed E-state index contributed by atoms with van der Waals surface area (Å²) in [6.07, 6.45) is 22.4. The molecule has 14 nitrogen and oxygen atoms in total. The van der Waals surface area contributed by atoms with E-state index in [0.717, 1.165) is 54.6 Å². The first-order valence-corrected chi connectivity index (χ1v) is 64.0. The predicted octanol–water partition coefficient (Wildman–Crippen LogP) is 21.0. The van der Waals surface area contributed by atoms with Gasteiger partial charge in [0.25, 0.3) is 38.0 Å². The van der Waals surface area contributed by atoms with Crippen molar-refractivity contribution in [2.75, 3.05) is 0 Å². The maximum absolute atomic E-state index is 6.24. The van der Waals surface area contributed by atoms with Gasteiger partial charge in [-0.2, -0.15) is 0 Å². The van der Waals surface area contributed by atoms with Crippen LogP contribution in [0, 0.1) is 41.5 Å². The molecule has 6 aliphatic heterocycles. The maximum Gasteiger partial charge on any atom is 0.286 e. The highest BCUT2D eigenvalue weighted by atomic mass is 32.2. The average Bonchev–Trinajstić information content (AvgIpc) is 0.699. The molecule has 0 atom stereocenters. The highest BCUT2D eigenvalue weighted by molar-refractivity contribution is 8.05. The summed E-state index contributed by atoms with van der Waals surface area (Å²) in [5, 5.41) is 12.8. The fourth-order valence-electron chi connectivity index (χ4n) is 20.2. The molecule has 24 rings (SSSR count). The van der Waals surface area contributed by atoms with Gasteiger partial charge in [-0.25, -0.2) is 27.4 Å². The molecule has 0 N–H and O–H groups in total. The number of para-hydroxylation sites is 2. The largest absolute Gasteiger partial charge is 0.455 e. The van der Waals surface area contributed by atoms with Crippen LogP contribution in [0.1, 0.15) is 33.4 Å². The van der Waals surface area contributed by atoms with Gasteiger partial charge in [0.05, 0.1) is 67.4 Å². The quantitative estimate of drug-likeness (QED) is 0.116. The monoisotopic (exact) mass is 2010 g/mol. The highest BCUT2D eigenvalue weighted by Crippen LogP contribution is 2.55. The highest BCUT2D eigenvalue weighted by Gasteiger charge is 2.47. The van der Waals surface area contributed by atoms with Crippen molar-refractivity contribution in [2.45, 2.75) is 153 Å². The predicted molar refractivity (Wildman–Crippen MR) is 584 cm³/mol. The molecule has 0 radical (unpaired) electrons. The molecule has 0 aliphatic carbocycles. The van der Waals surface area contributed by atoms with Crippen LogP contribution in [-0.2, 0) is 42.3 Å². The molecule has 18 aromatic rings. The number of rotatable bonds is 6. The number of hydrogen-bond acceptors (Lipinski definition) is 14. The third-order valence-electron chi connectivity index (χ3n) is 27.6. The number of benzene rings is 12. The number of fused-ring (bicyclic) bond motifs is 12. The molecular weight excluding hydrogens is 1900 g/mol. The van der Waals surface area contributed by atoms with Gasteiger partial charge in [0, 0.05) is 103 Å². The molecule has 0 unspecified atom stereocenters. The molecule has 0 spiro atoms. The van der Waals surface area contributed by atoms with Crippen LogP contribution in [0.3, 0.4) is 0 Å². The summed E-state index contributed by atoms with van der Waals surface area (Å²) in [6, 6.07) is 91.5. The van der Waals surface area contributed by atoms with Crippen molar-refractivity contribution in [3.63, 3.8) is 0 Å². The Balaban J connectivity index is 0.000000107. The van der Waals surface area contributed by atoms with Crippen LogP contribution in [0.25, 0.3) is 67.5 Å². The van der Waals surface area contributed by atoms with Crippen molar-refractivity contribution >= 4 is 144 Å². The zero-order valence-corrected chi connectivity index (χ0v) is 91.7. The first-order valence-electron chi connectivity index (χ1n) is 47.1. The number of nitrogens with zero attached hydrogens (tertiary/aromatic N) is 12. The van der Waals surface area contributed by atoms with Crippen molar-refractivity contribution < 1.29 is 36.9 Å². The van der Waals surface area contributed by atoms with E-state index in [1.807, 2.05) is 194 Å². The minimum atomic E-state index is -1.80. The number of hydrogen-bond donors (Lipinski definition) is 0. The van der Waals surface area contributed by atoms with Crippen LogP contribution < -0.4 is 78.4 Å². The molecule has 24 heteroatoms. The molecule has 0 fully saturated rings. The second-order valence-corrected chi connectivity index (χ2v) is 62.0. The summed E-state index contributed by atoms with van der Waals surface area (Å²) >= 11 is 11.1. The average molecular weight is 2010 g/mol. The Morgan fingerprint density at radius 1 is 0.207 bits per heavy atom. The molecule has 0 amide bonds. The Kier molecular flexibility index (Phi) is 27.6. The van der Waals surface area contributed by atoms with E-state index in [0.29, 0.717) is 0 Å². The number of ether oxygens (including phenoxy) is 2. The lowest BCUT2D eigenvalue weighted by molar-refractivity contribution is -0.663.